The maximum atomic E-state index is 11.6. The molecule has 1 saturated heterocycles. The van der Waals surface area contributed by atoms with E-state index in [1.54, 1.807) is 0 Å². The van der Waals surface area contributed by atoms with Gasteiger partial charge in [0, 0.05) is 6.04 Å². The summed E-state index contributed by atoms with van der Waals surface area (Å²) in [6.07, 6.45) is 3.78. The summed E-state index contributed by atoms with van der Waals surface area (Å²) in [6.45, 7) is 7.84. The number of piperidine rings is 1. The fourth-order valence-electron chi connectivity index (χ4n) is 2.27. The standard InChI is InChI=1S/C13H27N3O/c1-11(2)15-13(17)10-16(3)9-6-12-4-7-14-8-5-12/h11-12,14H,4-10H2,1-3H3,(H,15,17). The number of likely N-dealkylation sites (N-methyl/N-ethyl adjacent to an activating group) is 1. The molecular formula is C13H27N3O. The average Bonchev–Trinajstić information content (AvgIpc) is 2.26. The highest BCUT2D eigenvalue weighted by atomic mass is 16.2. The zero-order valence-electron chi connectivity index (χ0n) is 11.5. The third-order valence-corrected chi connectivity index (χ3v) is 3.24. The predicted octanol–water partition coefficient (Wildman–Crippen LogP) is 0.833. The van der Waals surface area contributed by atoms with Crippen LogP contribution in [0, 0.1) is 5.92 Å². The van der Waals surface area contributed by atoms with Crippen molar-refractivity contribution in [2.75, 3.05) is 33.2 Å². The molecule has 1 amide bonds. The first-order valence-corrected chi connectivity index (χ1v) is 6.76. The normalized spacial score (nSPS) is 17.7. The van der Waals surface area contributed by atoms with Gasteiger partial charge in [-0.25, -0.2) is 0 Å². The average molecular weight is 241 g/mol. The highest BCUT2D eigenvalue weighted by molar-refractivity contribution is 5.78. The van der Waals surface area contributed by atoms with E-state index in [2.05, 4.69) is 15.5 Å². The third kappa shape index (κ3) is 6.64. The molecule has 1 rings (SSSR count). The number of nitrogens with one attached hydrogen (secondary N) is 2. The van der Waals surface area contributed by atoms with Crippen LogP contribution in [0.5, 0.6) is 0 Å². The van der Waals surface area contributed by atoms with Gasteiger partial charge in [0.1, 0.15) is 0 Å². The Balaban J connectivity index is 2.11. The molecule has 0 radical (unpaired) electrons. The van der Waals surface area contributed by atoms with Crippen molar-refractivity contribution in [3.63, 3.8) is 0 Å². The first-order valence-electron chi connectivity index (χ1n) is 6.76. The van der Waals surface area contributed by atoms with E-state index in [4.69, 9.17) is 0 Å². The molecule has 4 nitrogen and oxygen atoms in total. The van der Waals surface area contributed by atoms with Crippen LogP contribution in [0.25, 0.3) is 0 Å². The summed E-state index contributed by atoms with van der Waals surface area (Å²) in [7, 11) is 2.03. The molecule has 0 aromatic heterocycles. The summed E-state index contributed by atoms with van der Waals surface area (Å²) < 4.78 is 0. The zero-order chi connectivity index (χ0) is 12.7. The Morgan fingerprint density at radius 2 is 2.06 bits per heavy atom. The van der Waals surface area contributed by atoms with Crippen LogP contribution in [-0.2, 0) is 4.79 Å². The second kappa shape index (κ2) is 7.67. The Bertz CT molecular complexity index is 225. The molecule has 17 heavy (non-hydrogen) atoms. The Morgan fingerprint density at radius 3 is 2.65 bits per heavy atom. The van der Waals surface area contributed by atoms with E-state index in [-0.39, 0.29) is 11.9 Å². The minimum absolute atomic E-state index is 0.132. The van der Waals surface area contributed by atoms with Gasteiger partial charge in [-0.15, -0.1) is 0 Å². The molecule has 1 aliphatic rings. The zero-order valence-corrected chi connectivity index (χ0v) is 11.5. The molecule has 0 spiro atoms. The van der Waals surface area contributed by atoms with Gasteiger partial charge in [0.15, 0.2) is 0 Å². The maximum absolute atomic E-state index is 11.6. The summed E-state index contributed by atoms with van der Waals surface area (Å²) in [5.74, 6) is 0.972. The molecule has 0 aromatic rings. The maximum Gasteiger partial charge on any atom is 0.234 e. The van der Waals surface area contributed by atoms with Gasteiger partial charge < -0.3 is 10.6 Å². The number of carbonyl (C=O) groups is 1. The van der Waals surface area contributed by atoms with E-state index in [0.29, 0.717) is 6.54 Å². The lowest BCUT2D eigenvalue weighted by Gasteiger charge is -2.25. The first kappa shape index (κ1) is 14.5. The number of hydrogen-bond donors (Lipinski definition) is 2. The molecule has 0 atom stereocenters. The van der Waals surface area contributed by atoms with Crippen LogP contribution >= 0.6 is 0 Å². The molecule has 2 N–H and O–H groups in total. The summed E-state index contributed by atoms with van der Waals surface area (Å²) in [6, 6.07) is 0.236. The predicted molar refractivity (Wildman–Crippen MR) is 71.0 cm³/mol. The van der Waals surface area contributed by atoms with Crippen LogP contribution in [0.2, 0.25) is 0 Å². The van der Waals surface area contributed by atoms with Crippen LogP contribution in [0.4, 0.5) is 0 Å². The van der Waals surface area contributed by atoms with Gasteiger partial charge in [-0.05, 0) is 65.7 Å². The quantitative estimate of drug-likeness (QED) is 0.724. The summed E-state index contributed by atoms with van der Waals surface area (Å²) in [5.41, 5.74) is 0. The Kier molecular flexibility index (Phi) is 6.52. The van der Waals surface area contributed by atoms with Crippen LogP contribution < -0.4 is 10.6 Å². The summed E-state index contributed by atoms with van der Waals surface area (Å²) >= 11 is 0. The van der Waals surface area contributed by atoms with Gasteiger partial charge in [-0.3, -0.25) is 9.69 Å². The van der Waals surface area contributed by atoms with Crippen molar-refractivity contribution in [3.05, 3.63) is 0 Å². The summed E-state index contributed by atoms with van der Waals surface area (Å²) in [4.78, 5) is 13.7. The Labute approximate surface area is 105 Å². The second-order valence-corrected chi connectivity index (χ2v) is 5.44. The van der Waals surface area contributed by atoms with Crippen molar-refractivity contribution in [1.29, 1.82) is 0 Å². The lowest BCUT2D eigenvalue weighted by molar-refractivity contribution is -0.122. The van der Waals surface area contributed by atoms with Crippen LogP contribution in [-0.4, -0.2) is 50.1 Å². The first-order chi connectivity index (χ1) is 8.08. The lowest BCUT2D eigenvalue weighted by atomic mass is 9.94. The molecule has 100 valence electrons. The van der Waals surface area contributed by atoms with Crippen LogP contribution in [0.1, 0.15) is 33.1 Å². The van der Waals surface area contributed by atoms with Crippen molar-refractivity contribution < 1.29 is 4.79 Å². The van der Waals surface area contributed by atoms with E-state index < -0.39 is 0 Å². The summed E-state index contributed by atoms with van der Waals surface area (Å²) in [5, 5.41) is 6.30. The minimum Gasteiger partial charge on any atom is -0.353 e. The molecule has 1 aliphatic heterocycles. The molecule has 4 heteroatoms. The van der Waals surface area contributed by atoms with Crippen LogP contribution in [0.15, 0.2) is 0 Å². The topological polar surface area (TPSA) is 44.4 Å². The van der Waals surface area contributed by atoms with Gasteiger partial charge in [0.05, 0.1) is 6.54 Å². The molecule has 0 saturated carbocycles. The fraction of sp³-hybridized carbons (Fsp3) is 0.923. The molecule has 0 bridgehead atoms. The molecular weight excluding hydrogens is 214 g/mol. The highest BCUT2D eigenvalue weighted by Gasteiger charge is 2.14. The molecule has 1 heterocycles. The SMILES string of the molecule is CC(C)NC(=O)CN(C)CCC1CCNCC1. The molecule has 1 fully saturated rings. The lowest BCUT2D eigenvalue weighted by Crippen LogP contribution is -2.39. The molecule has 0 aromatic carbocycles. The Morgan fingerprint density at radius 1 is 1.41 bits per heavy atom. The number of nitrogens with zero attached hydrogens (tertiary/aromatic N) is 1. The van der Waals surface area contributed by atoms with E-state index in [0.717, 1.165) is 25.6 Å². The van der Waals surface area contributed by atoms with E-state index in [9.17, 15) is 4.79 Å². The van der Waals surface area contributed by atoms with Crippen molar-refractivity contribution in [2.24, 2.45) is 5.92 Å². The monoisotopic (exact) mass is 241 g/mol. The van der Waals surface area contributed by atoms with Gasteiger partial charge >= 0.3 is 0 Å². The van der Waals surface area contributed by atoms with E-state index >= 15 is 0 Å². The van der Waals surface area contributed by atoms with E-state index in [1.165, 1.54) is 19.3 Å². The fourth-order valence-corrected chi connectivity index (χ4v) is 2.27. The van der Waals surface area contributed by atoms with Gasteiger partial charge in [-0.2, -0.15) is 0 Å². The smallest absolute Gasteiger partial charge is 0.234 e. The number of amides is 1. The van der Waals surface area contributed by atoms with Crippen molar-refractivity contribution >= 4 is 5.91 Å². The third-order valence-electron chi connectivity index (χ3n) is 3.24. The van der Waals surface area contributed by atoms with Crippen molar-refractivity contribution in [2.45, 2.75) is 39.2 Å². The van der Waals surface area contributed by atoms with Gasteiger partial charge in [0.25, 0.3) is 0 Å². The van der Waals surface area contributed by atoms with Crippen molar-refractivity contribution in [1.82, 2.24) is 15.5 Å². The van der Waals surface area contributed by atoms with Gasteiger partial charge in [-0.1, -0.05) is 0 Å². The molecule has 0 unspecified atom stereocenters. The largest absolute Gasteiger partial charge is 0.353 e. The highest BCUT2D eigenvalue weighted by Crippen LogP contribution is 2.15. The second-order valence-electron chi connectivity index (χ2n) is 5.44. The minimum atomic E-state index is 0.132. The van der Waals surface area contributed by atoms with Gasteiger partial charge in [0.2, 0.25) is 5.91 Å². The Hall–Kier alpha value is -0.610. The van der Waals surface area contributed by atoms with Crippen LogP contribution in [0.3, 0.4) is 0 Å². The molecule has 0 aliphatic carbocycles. The number of hydrogen-bond acceptors (Lipinski definition) is 3. The van der Waals surface area contributed by atoms with Crippen molar-refractivity contribution in [3.8, 4) is 0 Å². The number of rotatable bonds is 6. The van der Waals surface area contributed by atoms with E-state index in [1.807, 2.05) is 20.9 Å². The number of carbonyl (C=O) groups excluding carboxylic acids is 1.